The Kier molecular flexibility index (Phi) is 5.15. The highest BCUT2D eigenvalue weighted by molar-refractivity contribution is 9.10. The van der Waals surface area contributed by atoms with Crippen molar-refractivity contribution in [3.63, 3.8) is 0 Å². The summed E-state index contributed by atoms with van der Waals surface area (Å²) in [6.45, 7) is 1.55. The lowest BCUT2D eigenvalue weighted by Gasteiger charge is -2.12. The van der Waals surface area contributed by atoms with E-state index in [9.17, 15) is 9.59 Å². The van der Waals surface area contributed by atoms with Crippen LogP contribution in [0.3, 0.4) is 0 Å². The lowest BCUT2D eigenvalue weighted by atomic mass is 10.1. The number of halogens is 2. The van der Waals surface area contributed by atoms with Crippen LogP contribution in [-0.2, 0) is 4.74 Å². The van der Waals surface area contributed by atoms with Crippen LogP contribution in [0.2, 0.25) is 5.02 Å². The summed E-state index contributed by atoms with van der Waals surface area (Å²) in [5, 5.41) is 0.547. The molecule has 0 aliphatic heterocycles. The van der Waals surface area contributed by atoms with Crippen LogP contribution in [0.25, 0.3) is 0 Å². The van der Waals surface area contributed by atoms with Crippen molar-refractivity contribution in [2.24, 2.45) is 0 Å². The van der Waals surface area contributed by atoms with Gasteiger partial charge in [-0.3, -0.25) is 4.79 Å². The van der Waals surface area contributed by atoms with Crippen molar-refractivity contribution in [2.45, 2.75) is 13.0 Å². The Labute approximate surface area is 136 Å². The second-order valence-electron chi connectivity index (χ2n) is 4.43. The van der Waals surface area contributed by atoms with Gasteiger partial charge in [0.15, 0.2) is 6.10 Å². The maximum absolute atomic E-state index is 12.2. The first-order valence-corrected chi connectivity index (χ1v) is 7.41. The first-order chi connectivity index (χ1) is 9.97. The van der Waals surface area contributed by atoms with E-state index in [1.165, 1.54) is 0 Å². The highest BCUT2D eigenvalue weighted by Gasteiger charge is 2.20. The lowest BCUT2D eigenvalue weighted by molar-refractivity contribution is 0.0319. The molecule has 2 aromatic rings. The third kappa shape index (κ3) is 4.16. The molecule has 0 unspecified atom stereocenters. The van der Waals surface area contributed by atoms with Crippen molar-refractivity contribution in [2.75, 3.05) is 0 Å². The number of carbonyl (C=O) groups excluding carboxylic acids is 2. The van der Waals surface area contributed by atoms with Crippen LogP contribution in [0, 0.1) is 0 Å². The number of hydrogen-bond acceptors (Lipinski definition) is 3. The normalized spacial score (nSPS) is 11.8. The van der Waals surface area contributed by atoms with Gasteiger partial charge in [0, 0.05) is 15.1 Å². The molecule has 5 heteroatoms. The third-order valence-electron chi connectivity index (χ3n) is 2.84. The highest BCUT2D eigenvalue weighted by atomic mass is 79.9. The third-order valence-corrected chi connectivity index (χ3v) is 3.59. The Bertz CT molecular complexity index is 667. The van der Waals surface area contributed by atoms with Crippen molar-refractivity contribution in [1.29, 1.82) is 0 Å². The molecule has 0 spiro atoms. The van der Waals surface area contributed by atoms with E-state index < -0.39 is 12.1 Å². The van der Waals surface area contributed by atoms with Crippen LogP contribution in [0.15, 0.2) is 53.0 Å². The average Bonchev–Trinajstić information content (AvgIpc) is 2.47. The van der Waals surface area contributed by atoms with E-state index in [2.05, 4.69) is 15.9 Å². The van der Waals surface area contributed by atoms with Gasteiger partial charge < -0.3 is 4.74 Å². The molecule has 2 aromatic carbocycles. The molecule has 3 nitrogen and oxygen atoms in total. The molecule has 0 aromatic heterocycles. The molecule has 21 heavy (non-hydrogen) atoms. The van der Waals surface area contributed by atoms with Crippen LogP contribution in [0.1, 0.15) is 27.6 Å². The van der Waals surface area contributed by atoms with Gasteiger partial charge in [-0.2, -0.15) is 0 Å². The highest BCUT2D eigenvalue weighted by Crippen LogP contribution is 2.15. The number of hydrogen-bond donors (Lipinski definition) is 0. The van der Waals surface area contributed by atoms with E-state index in [0.29, 0.717) is 16.1 Å². The minimum absolute atomic E-state index is 0.269. The summed E-state index contributed by atoms with van der Waals surface area (Å²) < 4.78 is 5.97. The van der Waals surface area contributed by atoms with Crippen molar-refractivity contribution < 1.29 is 14.3 Å². The fraction of sp³-hybridized carbons (Fsp3) is 0.125. The second kappa shape index (κ2) is 6.87. The number of rotatable bonds is 4. The summed E-state index contributed by atoms with van der Waals surface area (Å²) in [5.41, 5.74) is 0.842. The zero-order valence-electron chi connectivity index (χ0n) is 11.2. The van der Waals surface area contributed by atoms with Crippen molar-refractivity contribution in [3.8, 4) is 0 Å². The van der Waals surface area contributed by atoms with Crippen LogP contribution in [-0.4, -0.2) is 17.9 Å². The van der Waals surface area contributed by atoms with Gasteiger partial charge in [-0.25, -0.2) is 4.79 Å². The Balaban J connectivity index is 2.07. The summed E-state index contributed by atoms with van der Waals surface area (Å²) in [4.78, 5) is 24.1. The van der Waals surface area contributed by atoms with Gasteiger partial charge in [-0.05, 0) is 49.4 Å². The Morgan fingerprint density at radius 1 is 1.10 bits per heavy atom. The predicted molar refractivity (Wildman–Crippen MR) is 84.8 cm³/mol. The van der Waals surface area contributed by atoms with Crippen LogP contribution < -0.4 is 0 Å². The predicted octanol–water partition coefficient (Wildman–Crippen LogP) is 4.53. The molecule has 0 N–H and O–H groups in total. The largest absolute Gasteiger partial charge is 0.451 e. The lowest BCUT2D eigenvalue weighted by Crippen LogP contribution is -2.24. The summed E-state index contributed by atoms with van der Waals surface area (Å²) in [6.07, 6.45) is -0.863. The molecule has 0 aliphatic carbocycles. The molecule has 0 saturated heterocycles. The van der Waals surface area contributed by atoms with E-state index in [1.54, 1.807) is 55.5 Å². The van der Waals surface area contributed by atoms with Crippen molar-refractivity contribution >= 4 is 39.3 Å². The number of esters is 1. The number of carbonyl (C=O) groups is 2. The van der Waals surface area contributed by atoms with E-state index in [-0.39, 0.29) is 5.78 Å². The Hall–Kier alpha value is -1.65. The SMILES string of the molecule is C[C@@H](OC(=O)c1cccc(Br)c1)C(=O)c1ccc(Cl)cc1. The first kappa shape index (κ1) is 15.7. The molecular formula is C16H12BrClO3. The van der Waals surface area contributed by atoms with Crippen LogP contribution in [0.4, 0.5) is 0 Å². The minimum Gasteiger partial charge on any atom is -0.451 e. The Morgan fingerprint density at radius 2 is 1.76 bits per heavy atom. The van der Waals surface area contributed by atoms with Crippen molar-refractivity contribution in [1.82, 2.24) is 0 Å². The molecule has 2 rings (SSSR count). The smallest absolute Gasteiger partial charge is 0.338 e. The summed E-state index contributed by atoms with van der Waals surface area (Å²) in [7, 11) is 0. The van der Waals surface area contributed by atoms with Gasteiger partial charge in [0.2, 0.25) is 5.78 Å². The van der Waals surface area contributed by atoms with Gasteiger partial charge in [0.25, 0.3) is 0 Å². The molecule has 1 atom stereocenters. The topological polar surface area (TPSA) is 43.4 Å². The number of Topliss-reactive ketones (excluding diaryl/α,β-unsaturated/α-hetero) is 1. The van der Waals surface area contributed by atoms with Gasteiger partial charge in [-0.1, -0.05) is 33.6 Å². The molecule has 0 fully saturated rings. The molecule has 0 saturated carbocycles. The molecule has 0 bridgehead atoms. The molecule has 0 radical (unpaired) electrons. The van der Waals surface area contributed by atoms with E-state index in [4.69, 9.17) is 16.3 Å². The monoisotopic (exact) mass is 366 g/mol. The molecule has 0 heterocycles. The summed E-state index contributed by atoms with van der Waals surface area (Å²) in [6, 6.07) is 13.3. The standard InChI is InChI=1S/C16H12BrClO3/c1-10(15(19)11-5-7-14(18)8-6-11)21-16(20)12-3-2-4-13(17)9-12/h2-10H,1H3/t10-/m1/s1. The number of ketones is 1. The molecular weight excluding hydrogens is 356 g/mol. The molecule has 0 amide bonds. The van der Waals surface area contributed by atoms with Gasteiger partial charge in [-0.15, -0.1) is 0 Å². The van der Waals surface area contributed by atoms with Gasteiger partial charge in [0.1, 0.15) is 0 Å². The summed E-state index contributed by atoms with van der Waals surface area (Å²) in [5.74, 6) is -0.805. The van der Waals surface area contributed by atoms with Crippen LogP contribution >= 0.6 is 27.5 Å². The Morgan fingerprint density at radius 3 is 2.38 bits per heavy atom. The molecule has 108 valence electrons. The zero-order chi connectivity index (χ0) is 15.4. The zero-order valence-corrected chi connectivity index (χ0v) is 13.5. The number of ether oxygens (including phenoxy) is 1. The van der Waals surface area contributed by atoms with E-state index in [0.717, 1.165) is 4.47 Å². The van der Waals surface area contributed by atoms with E-state index >= 15 is 0 Å². The average molecular weight is 368 g/mol. The van der Waals surface area contributed by atoms with Crippen molar-refractivity contribution in [3.05, 3.63) is 69.2 Å². The number of benzene rings is 2. The van der Waals surface area contributed by atoms with Crippen LogP contribution in [0.5, 0.6) is 0 Å². The fourth-order valence-electron chi connectivity index (χ4n) is 1.75. The van der Waals surface area contributed by atoms with Gasteiger partial charge in [0.05, 0.1) is 5.56 Å². The molecule has 0 aliphatic rings. The quantitative estimate of drug-likeness (QED) is 0.589. The first-order valence-electron chi connectivity index (χ1n) is 6.23. The maximum atomic E-state index is 12.2. The fourth-order valence-corrected chi connectivity index (χ4v) is 2.27. The second-order valence-corrected chi connectivity index (χ2v) is 5.78. The minimum atomic E-state index is -0.863. The van der Waals surface area contributed by atoms with E-state index in [1.807, 2.05) is 0 Å². The maximum Gasteiger partial charge on any atom is 0.338 e. The van der Waals surface area contributed by atoms with Gasteiger partial charge >= 0.3 is 5.97 Å². The summed E-state index contributed by atoms with van der Waals surface area (Å²) >= 11 is 9.06.